The van der Waals surface area contributed by atoms with Crippen LogP contribution in [0.25, 0.3) is 0 Å². The average molecular weight is 266 g/mol. The molecule has 0 amide bonds. The normalized spacial score (nSPS) is 20.6. The van der Waals surface area contributed by atoms with Crippen molar-refractivity contribution in [2.75, 3.05) is 0 Å². The summed E-state index contributed by atoms with van der Waals surface area (Å²) in [6.45, 7) is 11.5. The van der Waals surface area contributed by atoms with Crippen LogP contribution in [0, 0.1) is 0 Å². The van der Waals surface area contributed by atoms with Gasteiger partial charge in [-0.05, 0) is 40.0 Å². The van der Waals surface area contributed by atoms with Gasteiger partial charge in [-0.2, -0.15) is 0 Å². The minimum absolute atomic E-state index is 0.131. The smallest absolute Gasteiger partial charge is 0.284 e. The highest BCUT2D eigenvalue weighted by atomic mass is 31.2. The molecule has 0 aromatic carbocycles. The highest BCUT2D eigenvalue weighted by Gasteiger charge is 2.32. The summed E-state index contributed by atoms with van der Waals surface area (Å²) in [4.78, 5) is 0. The van der Waals surface area contributed by atoms with Gasteiger partial charge in [0.05, 0.1) is 18.3 Å². The summed E-state index contributed by atoms with van der Waals surface area (Å²) >= 11 is 0. The SMILES string of the molecule is CCC(C)OP(=O)(OC(C)CC)OC(C)CC. The van der Waals surface area contributed by atoms with Crippen LogP contribution in [0.4, 0.5) is 0 Å². The molecule has 4 nitrogen and oxygen atoms in total. The number of phosphoric acid groups is 1. The second-order valence-corrected chi connectivity index (χ2v) is 5.95. The summed E-state index contributed by atoms with van der Waals surface area (Å²) < 4.78 is 28.8. The van der Waals surface area contributed by atoms with Gasteiger partial charge in [0.25, 0.3) is 0 Å². The summed E-state index contributed by atoms with van der Waals surface area (Å²) in [5.41, 5.74) is 0. The van der Waals surface area contributed by atoms with Crippen molar-refractivity contribution >= 4 is 7.82 Å². The van der Waals surface area contributed by atoms with Gasteiger partial charge < -0.3 is 0 Å². The van der Waals surface area contributed by atoms with Crippen LogP contribution >= 0.6 is 7.82 Å². The highest BCUT2D eigenvalue weighted by Crippen LogP contribution is 2.53. The van der Waals surface area contributed by atoms with E-state index in [1.54, 1.807) is 0 Å². The van der Waals surface area contributed by atoms with Gasteiger partial charge in [-0.3, -0.25) is 13.6 Å². The topological polar surface area (TPSA) is 44.8 Å². The molecule has 0 aromatic rings. The molecule has 0 radical (unpaired) electrons. The Morgan fingerprint density at radius 2 is 1.00 bits per heavy atom. The number of phosphoric ester groups is 1. The van der Waals surface area contributed by atoms with E-state index in [9.17, 15) is 4.57 Å². The Balaban J connectivity index is 4.62. The lowest BCUT2D eigenvalue weighted by molar-refractivity contribution is 0.0407. The van der Waals surface area contributed by atoms with Crippen LogP contribution in [0.5, 0.6) is 0 Å². The van der Waals surface area contributed by atoms with E-state index < -0.39 is 7.82 Å². The largest absolute Gasteiger partial charge is 0.475 e. The average Bonchev–Trinajstić information content (AvgIpc) is 2.27. The lowest BCUT2D eigenvalue weighted by Crippen LogP contribution is -2.16. The van der Waals surface area contributed by atoms with Crippen LogP contribution in [-0.2, 0) is 18.1 Å². The fourth-order valence-electron chi connectivity index (χ4n) is 0.959. The third kappa shape index (κ3) is 7.20. The summed E-state index contributed by atoms with van der Waals surface area (Å²) in [6.07, 6.45) is 1.93. The zero-order valence-corrected chi connectivity index (χ0v) is 12.8. The summed E-state index contributed by atoms with van der Waals surface area (Å²) in [5, 5.41) is 0. The van der Waals surface area contributed by atoms with Gasteiger partial charge in [0, 0.05) is 0 Å². The molecule has 5 heteroatoms. The van der Waals surface area contributed by atoms with E-state index in [1.807, 2.05) is 41.5 Å². The van der Waals surface area contributed by atoms with Crippen molar-refractivity contribution in [1.82, 2.24) is 0 Å². The maximum absolute atomic E-state index is 12.5. The summed E-state index contributed by atoms with van der Waals surface area (Å²) in [5.74, 6) is 0. The van der Waals surface area contributed by atoms with E-state index in [0.29, 0.717) is 0 Å². The van der Waals surface area contributed by atoms with Crippen molar-refractivity contribution < 1.29 is 18.1 Å². The van der Waals surface area contributed by atoms with Gasteiger partial charge >= 0.3 is 7.82 Å². The first kappa shape index (κ1) is 17.1. The molecule has 0 saturated carbocycles. The highest BCUT2D eigenvalue weighted by molar-refractivity contribution is 7.48. The Labute approximate surface area is 106 Å². The molecule has 0 fully saturated rings. The molecule has 3 atom stereocenters. The molecule has 3 unspecified atom stereocenters. The Bertz CT molecular complexity index is 207. The molecule has 0 aromatic heterocycles. The molecular formula is C12H27O4P. The monoisotopic (exact) mass is 266 g/mol. The number of rotatable bonds is 9. The van der Waals surface area contributed by atoms with Crippen molar-refractivity contribution in [2.24, 2.45) is 0 Å². The first-order chi connectivity index (χ1) is 7.86. The van der Waals surface area contributed by atoms with Gasteiger partial charge in [-0.15, -0.1) is 0 Å². The van der Waals surface area contributed by atoms with Crippen molar-refractivity contribution in [3.8, 4) is 0 Å². The van der Waals surface area contributed by atoms with Crippen molar-refractivity contribution in [3.05, 3.63) is 0 Å². The van der Waals surface area contributed by atoms with Crippen molar-refractivity contribution in [1.29, 1.82) is 0 Å². The molecule has 17 heavy (non-hydrogen) atoms. The second kappa shape index (κ2) is 8.25. The summed E-state index contributed by atoms with van der Waals surface area (Å²) in [7, 11) is -3.44. The third-order valence-electron chi connectivity index (χ3n) is 2.65. The van der Waals surface area contributed by atoms with Crippen LogP contribution in [0.3, 0.4) is 0 Å². The van der Waals surface area contributed by atoms with Crippen molar-refractivity contribution in [2.45, 2.75) is 79.1 Å². The van der Waals surface area contributed by atoms with Crippen LogP contribution in [0.1, 0.15) is 60.8 Å². The fraction of sp³-hybridized carbons (Fsp3) is 1.00. The van der Waals surface area contributed by atoms with Crippen LogP contribution in [-0.4, -0.2) is 18.3 Å². The Hall–Kier alpha value is 0.110. The predicted molar refractivity (Wildman–Crippen MR) is 70.1 cm³/mol. The van der Waals surface area contributed by atoms with E-state index in [-0.39, 0.29) is 18.3 Å². The maximum atomic E-state index is 12.5. The molecule has 0 spiro atoms. The molecule has 0 aliphatic rings. The second-order valence-electron chi connectivity index (χ2n) is 4.42. The number of hydrogen-bond acceptors (Lipinski definition) is 4. The van der Waals surface area contributed by atoms with Crippen molar-refractivity contribution in [3.63, 3.8) is 0 Å². The van der Waals surface area contributed by atoms with Gasteiger partial charge in [0.15, 0.2) is 0 Å². The van der Waals surface area contributed by atoms with Gasteiger partial charge in [-0.1, -0.05) is 20.8 Å². The molecule has 0 saturated heterocycles. The molecule has 0 aliphatic heterocycles. The van der Waals surface area contributed by atoms with Crippen LogP contribution in [0.15, 0.2) is 0 Å². The molecule has 0 rings (SSSR count). The van der Waals surface area contributed by atoms with Crippen LogP contribution in [0.2, 0.25) is 0 Å². The van der Waals surface area contributed by atoms with Gasteiger partial charge in [-0.25, -0.2) is 4.57 Å². The molecule has 0 aliphatic carbocycles. The van der Waals surface area contributed by atoms with Crippen LogP contribution < -0.4 is 0 Å². The minimum atomic E-state index is -3.44. The lowest BCUT2D eigenvalue weighted by Gasteiger charge is -2.25. The van der Waals surface area contributed by atoms with E-state index in [0.717, 1.165) is 19.3 Å². The predicted octanol–water partition coefficient (Wildman–Crippen LogP) is 4.54. The standard InChI is InChI=1S/C12H27O4P/c1-7-10(4)14-17(13,15-11(5)8-2)16-12(6)9-3/h10-12H,7-9H2,1-6H3. The third-order valence-corrected chi connectivity index (χ3v) is 4.51. The zero-order chi connectivity index (χ0) is 13.5. The molecular weight excluding hydrogens is 239 g/mol. The quantitative estimate of drug-likeness (QED) is 0.575. The van der Waals surface area contributed by atoms with Gasteiger partial charge in [0.2, 0.25) is 0 Å². The molecule has 0 heterocycles. The van der Waals surface area contributed by atoms with E-state index >= 15 is 0 Å². The maximum Gasteiger partial charge on any atom is 0.475 e. The first-order valence-corrected chi connectivity index (χ1v) is 7.98. The molecule has 0 bridgehead atoms. The van der Waals surface area contributed by atoms with E-state index in [1.165, 1.54) is 0 Å². The molecule has 104 valence electrons. The Morgan fingerprint density at radius 3 is 1.18 bits per heavy atom. The first-order valence-electron chi connectivity index (χ1n) is 6.52. The minimum Gasteiger partial charge on any atom is -0.284 e. The molecule has 0 N–H and O–H groups in total. The van der Waals surface area contributed by atoms with Gasteiger partial charge in [0.1, 0.15) is 0 Å². The number of hydrogen-bond donors (Lipinski definition) is 0. The summed E-state index contributed by atoms with van der Waals surface area (Å²) in [6, 6.07) is 0. The van der Waals surface area contributed by atoms with E-state index in [4.69, 9.17) is 13.6 Å². The fourth-order valence-corrected chi connectivity index (χ4v) is 2.88. The van der Waals surface area contributed by atoms with E-state index in [2.05, 4.69) is 0 Å². The lowest BCUT2D eigenvalue weighted by atomic mass is 10.3. The Morgan fingerprint density at radius 1 is 0.765 bits per heavy atom. The Kier molecular flexibility index (Phi) is 8.31. The zero-order valence-electron chi connectivity index (χ0n) is 11.9.